The molecule has 0 spiro atoms. The van der Waals surface area contributed by atoms with E-state index in [2.05, 4.69) is 79.7 Å². The molecule has 12 rings (SSSR count). The van der Waals surface area contributed by atoms with Crippen LogP contribution in [0.15, 0.2) is 104 Å². The summed E-state index contributed by atoms with van der Waals surface area (Å²) < 4.78 is 70.6. The van der Waals surface area contributed by atoms with Gasteiger partial charge in [0.1, 0.15) is 80.6 Å². The van der Waals surface area contributed by atoms with Crippen molar-refractivity contribution in [1.29, 1.82) is 0 Å². The molecule has 6 N–H and O–H groups in total. The maximum atomic E-state index is 13.5. The topological polar surface area (TPSA) is 406 Å². The van der Waals surface area contributed by atoms with E-state index in [1.165, 1.54) is 108 Å². The van der Waals surface area contributed by atoms with E-state index in [0.717, 1.165) is 79.9 Å². The van der Waals surface area contributed by atoms with Gasteiger partial charge in [-0.2, -0.15) is 0 Å². The Labute approximate surface area is 775 Å². The molecule has 33 nitrogen and oxygen atoms in total. The molecule has 1 amide bonds. The summed E-state index contributed by atoms with van der Waals surface area (Å²) in [6.45, 7) is 21.3. The number of nitrogen functional groups attached to an aromatic ring is 1. The van der Waals surface area contributed by atoms with Gasteiger partial charge in [0.2, 0.25) is 23.1 Å². The zero-order valence-corrected chi connectivity index (χ0v) is 76.8. The Morgan fingerprint density at radius 3 is 1.08 bits per heavy atom. The molecule has 0 unspecified atom stereocenters. The Morgan fingerprint density at radius 1 is 0.445 bits per heavy atom. The first-order valence-electron chi connectivity index (χ1n) is 38.1. The molecule has 0 saturated carbocycles. The van der Waals surface area contributed by atoms with E-state index in [-0.39, 0.29) is 63.4 Å². The lowest BCUT2D eigenvalue weighted by atomic mass is 10.1. The maximum absolute atomic E-state index is 13.5. The third-order valence-corrected chi connectivity index (χ3v) is 21.6. The van der Waals surface area contributed by atoms with Gasteiger partial charge in [0.25, 0.3) is 22.7 Å². The smallest absolute Gasteiger partial charge is 0.295 e. The molecule has 0 aliphatic carbocycles. The van der Waals surface area contributed by atoms with Crippen molar-refractivity contribution in [3.05, 3.63) is 253 Å². The van der Waals surface area contributed by atoms with Gasteiger partial charge in [-0.25, -0.2) is 43.1 Å². The SMILES string of the molecule is CCN1CCN(c2cc(C)c(Nc3ncc(/C=C/c4c(Cl)c(OC)cc(OC)c4Cl)cn3)c([N+](=O)[O-])c2)CC1.CCN1CCNCC1.COc1cc(OC)c(Cl)c(/C=C/c2cnc(Cl)nc2)c1Cl.COc1cc(OC)c(Cl)c(/C=C/c2cnc(Nc3c(C)cc(F)cc3[N+](=O)[O-])nc2)c1Cl.Cc1cc(F)cc([N+](=O)[O-])c1N.Cc1cc(F)cc([N+](=O)[O-])c1NC(=O)CCl.[HH]. The minimum atomic E-state index is -0.764. The number of rotatable bonds is 25. The predicted octanol–water partition coefficient (Wildman–Crippen LogP) is 20.8. The molecule has 0 atom stereocenters. The molecular formula is C84H89Cl8F3N18O15. The number of nitro benzene ring substituents is 4. The van der Waals surface area contributed by atoms with Crippen LogP contribution in [-0.4, -0.2) is 179 Å². The fourth-order valence-corrected chi connectivity index (χ4v) is 14.1. The molecule has 5 heterocycles. The van der Waals surface area contributed by atoms with Gasteiger partial charge in [-0.05, 0) is 98.9 Å². The number of benzene rings is 7. The van der Waals surface area contributed by atoms with E-state index in [1.807, 2.05) is 13.0 Å². The van der Waals surface area contributed by atoms with Crippen molar-refractivity contribution in [1.82, 2.24) is 45.0 Å². The Morgan fingerprint density at radius 2 is 0.750 bits per heavy atom. The first-order chi connectivity index (χ1) is 61.0. The number of hydrogen-bond donors (Lipinski definition) is 5. The van der Waals surface area contributed by atoms with Crippen LogP contribution in [-0.2, 0) is 4.79 Å². The highest BCUT2D eigenvalue weighted by Gasteiger charge is 2.27. The summed E-state index contributed by atoms with van der Waals surface area (Å²) in [5.41, 5.74) is 10.7. The standard InChI is InChI=1S/C27H30Cl2N6O4.C21H17Cl2FN4O4.C14H11Cl3N2O2.C9H8ClFN2O3.C7H7FN2O2.C6H14N2.H2/c1-5-33-8-10-34(11-9-33)19-12-17(2)26(21(13-19)35(36)37)32-27-30-15-18(16-31-27)6-7-20-24(28)22(38-3)14-23(39-4)25(20)29;1-11-6-13(24)7-15(28(29)30)20(11)27-21-25-9-12(10-26-21)4-5-14-18(22)16(31-2)8-17(32-3)19(14)23;1-20-10-5-11(21-2)13(16)9(12(10)15)4-3-8-6-18-14(17)19-7-8;1-5-2-6(11)3-7(13(15)16)9(5)12-8(14)4-10;1-4-2-5(8)3-6(7(4)9)10(11)12;1-2-8-5-3-7-4-6-8;/h6-7,12-16H,5,8-11H2,1-4H3,(H,30,31,32);4-10H,1-3H3,(H,25,26,27);3-7H,1-2H3;2-3H,4H2,1H3,(H,12,14);2-3H,9H2,1H3;7H,2-6H2,1H3;1H/b7-6+;5-4+;4-3+;;;;. The number of halogens is 11. The number of methoxy groups -OCH3 is 6. The average Bonchev–Trinajstić information content (AvgIpc) is 0.759. The van der Waals surface area contributed by atoms with Crippen LogP contribution in [0.2, 0.25) is 35.4 Å². The van der Waals surface area contributed by atoms with Gasteiger partial charge in [0.15, 0.2) is 0 Å². The van der Waals surface area contributed by atoms with Gasteiger partial charge in [-0.1, -0.05) is 120 Å². The van der Waals surface area contributed by atoms with Gasteiger partial charge in [0, 0.05) is 154 Å². The van der Waals surface area contributed by atoms with Crippen LogP contribution in [0.25, 0.3) is 36.5 Å². The highest BCUT2D eigenvalue weighted by molar-refractivity contribution is 6.40. The first kappa shape index (κ1) is 103. The molecule has 2 aliphatic heterocycles. The van der Waals surface area contributed by atoms with E-state index in [9.17, 15) is 58.4 Å². The van der Waals surface area contributed by atoms with Crippen molar-refractivity contribution in [3.63, 3.8) is 0 Å². The van der Waals surface area contributed by atoms with Gasteiger partial charge in [-0.15, -0.1) is 11.6 Å². The van der Waals surface area contributed by atoms with E-state index in [1.54, 1.807) is 92.4 Å². The summed E-state index contributed by atoms with van der Waals surface area (Å²) in [4.78, 5) is 84.4. The Kier molecular flexibility index (Phi) is 40.3. The fourth-order valence-electron chi connectivity index (χ4n) is 12.0. The summed E-state index contributed by atoms with van der Waals surface area (Å²) >= 11 is 49.0. The monoisotopic (exact) mass is 1930 g/mol. The Hall–Kier alpha value is -11.9. The van der Waals surface area contributed by atoms with Crippen molar-refractivity contribution in [2.24, 2.45) is 0 Å². The van der Waals surface area contributed by atoms with E-state index in [0.29, 0.717) is 109 Å². The molecular weight excluding hydrogens is 1840 g/mol. The minimum absolute atomic E-state index is 0. The quantitative estimate of drug-likeness (QED) is 0.0117. The van der Waals surface area contributed by atoms with Crippen LogP contribution >= 0.6 is 92.8 Å². The van der Waals surface area contributed by atoms with E-state index < -0.39 is 49.5 Å². The number of hydrogen-bond acceptors (Lipinski definition) is 28. The second kappa shape index (κ2) is 50.0. The van der Waals surface area contributed by atoms with Crippen LogP contribution in [0.1, 0.15) is 70.9 Å². The molecule has 2 saturated heterocycles. The molecule has 128 heavy (non-hydrogen) atoms. The molecule has 10 aromatic rings. The average molecular weight is 1930 g/mol. The molecule has 682 valence electrons. The molecule has 3 aromatic heterocycles. The number of carbonyl (C=O) groups excluding carboxylic acids is 1. The number of aromatic nitrogens is 6. The summed E-state index contributed by atoms with van der Waals surface area (Å²) in [7, 11) is 9.03. The number of nitrogens with zero attached hydrogens (tertiary/aromatic N) is 13. The fraction of sp³-hybridized carbons (Fsp3) is 0.274. The van der Waals surface area contributed by atoms with Crippen LogP contribution in [0.3, 0.4) is 0 Å². The molecule has 7 aromatic carbocycles. The van der Waals surface area contributed by atoms with Crippen molar-refractivity contribution in [2.75, 3.05) is 141 Å². The number of piperazine rings is 2. The number of nitrogens with one attached hydrogen (secondary N) is 4. The number of nitro groups is 4. The van der Waals surface area contributed by atoms with Crippen LogP contribution in [0.4, 0.5) is 76.3 Å². The minimum Gasteiger partial charge on any atom is -0.495 e. The second-order valence-electron chi connectivity index (χ2n) is 27.0. The number of aryl methyl sites for hydroxylation is 4. The Balaban J connectivity index is 0.000000255. The van der Waals surface area contributed by atoms with Gasteiger partial charge in [0.05, 0.1) is 111 Å². The lowest BCUT2D eigenvalue weighted by Gasteiger charge is -2.35. The van der Waals surface area contributed by atoms with Crippen LogP contribution < -0.4 is 60.3 Å². The van der Waals surface area contributed by atoms with E-state index in [4.69, 9.17) is 127 Å². The summed E-state index contributed by atoms with van der Waals surface area (Å²) in [5.74, 6) is -0.0174. The highest BCUT2D eigenvalue weighted by Crippen LogP contribution is 2.45. The number of anilines is 7. The van der Waals surface area contributed by atoms with Crippen molar-refractivity contribution in [2.45, 2.75) is 41.5 Å². The van der Waals surface area contributed by atoms with Crippen molar-refractivity contribution in [3.8, 4) is 34.5 Å². The normalized spacial score (nSPS) is 12.4. The molecule has 44 heteroatoms. The van der Waals surface area contributed by atoms with Gasteiger partial charge >= 0.3 is 0 Å². The largest absolute Gasteiger partial charge is 0.495 e. The summed E-state index contributed by atoms with van der Waals surface area (Å²) in [6.07, 6.45) is 19.7. The third-order valence-electron chi connectivity index (χ3n) is 18.8. The first-order valence-corrected chi connectivity index (χ1v) is 41.3. The summed E-state index contributed by atoms with van der Waals surface area (Å²) in [5, 5.41) is 57.8. The van der Waals surface area contributed by atoms with Crippen LogP contribution in [0, 0.1) is 85.6 Å². The highest BCUT2D eigenvalue weighted by atomic mass is 35.5. The van der Waals surface area contributed by atoms with E-state index >= 15 is 0 Å². The second-order valence-corrected chi connectivity index (χ2v) is 29.9. The predicted molar refractivity (Wildman–Crippen MR) is 500 cm³/mol. The van der Waals surface area contributed by atoms with Gasteiger partial charge < -0.3 is 70.1 Å². The lowest BCUT2D eigenvalue weighted by molar-refractivity contribution is -0.384. The molecule has 0 bridgehead atoms. The maximum Gasteiger partial charge on any atom is 0.295 e. The molecule has 2 fully saturated rings. The number of ether oxygens (including phenoxy) is 6. The van der Waals surface area contributed by atoms with Crippen LogP contribution in [0.5, 0.6) is 34.5 Å². The zero-order valence-electron chi connectivity index (χ0n) is 70.7. The third kappa shape index (κ3) is 28.8. The number of carbonyl (C=O) groups is 1. The Bertz CT molecular complexity index is 5620. The lowest BCUT2D eigenvalue weighted by Crippen LogP contribution is -2.46. The number of amides is 1. The number of likely N-dealkylation sites (N-methyl/N-ethyl adjacent to an activating group) is 2. The van der Waals surface area contributed by atoms with Crippen molar-refractivity contribution < 1.29 is 67.5 Å². The summed E-state index contributed by atoms with van der Waals surface area (Å²) in [6, 6.07) is 14.2. The molecule has 0 radical (unpaired) electrons. The molecule has 2 aliphatic rings. The number of nitrogens with two attached hydrogens (primary N) is 1. The van der Waals surface area contributed by atoms with Gasteiger partial charge in [-0.3, -0.25) is 45.3 Å². The number of alkyl halides is 1. The van der Waals surface area contributed by atoms with Crippen molar-refractivity contribution >= 4 is 198 Å². The zero-order chi connectivity index (χ0) is 94.3.